The van der Waals surface area contributed by atoms with Crippen LogP contribution in [0.5, 0.6) is 0 Å². The highest BCUT2D eigenvalue weighted by Gasteiger charge is 2.17. The molecule has 0 bridgehead atoms. The van der Waals surface area contributed by atoms with Crippen molar-refractivity contribution < 1.29 is 4.79 Å². The van der Waals surface area contributed by atoms with E-state index >= 15 is 0 Å². The third-order valence-electron chi connectivity index (χ3n) is 2.34. The van der Waals surface area contributed by atoms with E-state index in [0.29, 0.717) is 6.42 Å². The Labute approximate surface area is 71.6 Å². The number of anilines is 1. The lowest BCUT2D eigenvalue weighted by atomic mass is 10.0. The lowest BCUT2D eigenvalue weighted by Crippen LogP contribution is -2.03. The molecule has 0 aromatic heterocycles. The summed E-state index contributed by atoms with van der Waals surface area (Å²) >= 11 is 0. The molecule has 1 aliphatic rings. The Hall–Kier alpha value is -1.31. The second kappa shape index (κ2) is 2.34. The highest BCUT2D eigenvalue weighted by Crippen LogP contribution is 2.25. The summed E-state index contributed by atoms with van der Waals surface area (Å²) in [5.74, 6) is 0.106. The maximum absolute atomic E-state index is 11.0. The number of carbonyl (C=O) groups is 1. The zero-order valence-electron chi connectivity index (χ0n) is 7.27. The lowest BCUT2D eigenvalue weighted by molar-refractivity contribution is -0.115. The van der Waals surface area contributed by atoms with Crippen LogP contribution in [0, 0.1) is 13.8 Å². The van der Waals surface area contributed by atoms with Crippen LogP contribution >= 0.6 is 0 Å². The molecule has 1 aliphatic heterocycles. The van der Waals surface area contributed by atoms with Gasteiger partial charge in [-0.15, -0.1) is 0 Å². The predicted octanol–water partition coefficient (Wildman–Crippen LogP) is 1.80. The first kappa shape index (κ1) is 7.35. The van der Waals surface area contributed by atoms with E-state index in [2.05, 4.69) is 25.2 Å². The fraction of sp³-hybridized carbons (Fsp3) is 0.300. The van der Waals surface area contributed by atoms with Crippen LogP contribution in [0.3, 0.4) is 0 Å². The van der Waals surface area contributed by atoms with Gasteiger partial charge >= 0.3 is 0 Å². The molecule has 0 radical (unpaired) electrons. The Morgan fingerprint density at radius 2 is 1.92 bits per heavy atom. The zero-order valence-corrected chi connectivity index (χ0v) is 7.27. The number of benzene rings is 1. The molecule has 2 nitrogen and oxygen atoms in total. The molecule has 0 spiro atoms. The second-order valence-corrected chi connectivity index (χ2v) is 3.32. The maximum Gasteiger partial charge on any atom is 0.228 e. The minimum Gasteiger partial charge on any atom is -0.326 e. The standard InChI is InChI=1S/C10H11NO/c1-6-3-8-5-10(12)11-9(8)4-7(6)2/h3-4H,5H2,1-2H3,(H,11,12). The third-order valence-corrected chi connectivity index (χ3v) is 2.34. The fourth-order valence-corrected chi connectivity index (χ4v) is 1.51. The van der Waals surface area contributed by atoms with Crippen molar-refractivity contribution in [2.45, 2.75) is 20.3 Å². The average molecular weight is 161 g/mol. The topological polar surface area (TPSA) is 29.1 Å². The summed E-state index contributed by atoms with van der Waals surface area (Å²) in [6.45, 7) is 4.12. The second-order valence-electron chi connectivity index (χ2n) is 3.32. The van der Waals surface area contributed by atoms with Crippen molar-refractivity contribution in [3.8, 4) is 0 Å². The predicted molar refractivity (Wildman–Crippen MR) is 48.2 cm³/mol. The monoisotopic (exact) mass is 161 g/mol. The largest absolute Gasteiger partial charge is 0.326 e. The number of amides is 1. The highest BCUT2D eigenvalue weighted by molar-refractivity contribution is 5.99. The molecular formula is C10H11NO. The van der Waals surface area contributed by atoms with Crippen molar-refractivity contribution >= 4 is 11.6 Å². The molecule has 0 saturated carbocycles. The number of aryl methyl sites for hydroxylation is 2. The first-order valence-corrected chi connectivity index (χ1v) is 4.07. The van der Waals surface area contributed by atoms with E-state index in [4.69, 9.17) is 0 Å². The van der Waals surface area contributed by atoms with Gasteiger partial charge in [-0.05, 0) is 36.6 Å². The molecular weight excluding hydrogens is 150 g/mol. The molecule has 1 aromatic rings. The Balaban J connectivity index is 2.55. The van der Waals surface area contributed by atoms with Gasteiger partial charge in [0, 0.05) is 5.69 Å². The summed E-state index contributed by atoms with van der Waals surface area (Å²) < 4.78 is 0. The minimum atomic E-state index is 0.106. The number of carbonyl (C=O) groups excluding carboxylic acids is 1. The summed E-state index contributed by atoms with van der Waals surface area (Å²) in [5.41, 5.74) is 4.60. The van der Waals surface area contributed by atoms with Gasteiger partial charge in [0.05, 0.1) is 6.42 Å². The summed E-state index contributed by atoms with van der Waals surface area (Å²) in [7, 11) is 0. The van der Waals surface area contributed by atoms with E-state index in [1.54, 1.807) is 0 Å². The van der Waals surface area contributed by atoms with Crippen LogP contribution in [-0.2, 0) is 11.2 Å². The van der Waals surface area contributed by atoms with Crippen molar-refractivity contribution in [3.63, 3.8) is 0 Å². The molecule has 0 atom stereocenters. The van der Waals surface area contributed by atoms with Crippen molar-refractivity contribution in [1.29, 1.82) is 0 Å². The van der Waals surface area contributed by atoms with Gasteiger partial charge in [-0.1, -0.05) is 6.07 Å². The van der Waals surface area contributed by atoms with Crippen molar-refractivity contribution in [2.24, 2.45) is 0 Å². The fourth-order valence-electron chi connectivity index (χ4n) is 1.51. The molecule has 0 fully saturated rings. The van der Waals surface area contributed by atoms with Crippen LogP contribution in [0.2, 0.25) is 0 Å². The van der Waals surface area contributed by atoms with E-state index < -0.39 is 0 Å². The molecule has 0 saturated heterocycles. The van der Waals surface area contributed by atoms with E-state index in [1.165, 1.54) is 11.1 Å². The minimum absolute atomic E-state index is 0.106. The summed E-state index contributed by atoms with van der Waals surface area (Å²) in [6, 6.07) is 4.12. The van der Waals surface area contributed by atoms with Crippen LogP contribution < -0.4 is 5.32 Å². The van der Waals surface area contributed by atoms with Gasteiger partial charge in [-0.25, -0.2) is 0 Å². The molecule has 2 rings (SSSR count). The molecule has 1 aromatic carbocycles. The normalized spacial score (nSPS) is 14.3. The van der Waals surface area contributed by atoms with Gasteiger partial charge in [0.1, 0.15) is 0 Å². The quantitative estimate of drug-likeness (QED) is 0.617. The number of fused-ring (bicyclic) bond motifs is 1. The van der Waals surface area contributed by atoms with E-state index in [-0.39, 0.29) is 5.91 Å². The summed E-state index contributed by atoms with van der Waals surface area (Å²) in [4.78, 5) is 11.0. The molecule has 62 valence electrons. The van der Waals surface area contributed by atoms with Crippen molar-refractivity contribution in [3.05, 3.63) is 28.8 Å². The van der Waals surface area contributed by atoms with Crippen LogP contribution in [0.15, 0.2) is 12.1 Å². The van der Waals surface area contributed by atoms with Crippen molar-refractivity contribution in [2.75, 3.05) is 5.32 Å². The van der Waals surface area contributed by atoms with Gasteiger partial charge in [0.15, 0.2) is 0 Å². The van der Waals surface area contributed by atoms with Crippen LogP contribution in [0.4, 0.5) is 5.69 Å². The Morgan fingerprint density at radius 1 is 1.25 bits per heavy atom. The van der Waals surface area contributed by atoms with Crippen molar-refractivity contribution in [1.82, 2.24) is 0 Å². The summed E-state index contributed by atoms with van der Waals surface area (Å²) in [6.07, 6.45) is 0.538. The number of nitrogens with one attached hydrogen (secondary N) is 1. The molecule has 1 heterocycles. The molecule has 2 heteroatoms. The smallest absolute Gasteiger partial charge is 0.228 e. The van der Waals surface area contributed by atoms with E-state index in [9.17, 15) is 4.79 Å². The van der Waals surface area contributed by atoms with E-state index in [1.807, 2.05) is 6.07 Å². The highest BCUT2D eigenvalue weighted by atomic mass is 16.1. The van der Waals surface area contributed by atoms with Gasteiger partial charge in [0.25, 0.3) is 0 Å². The summed E-state index contributed by atoms with van der Waals surface area (Å²) in [5, 5.41) is 2.83. The first-order valence-electron chi connectivity index (χ1n) is 4.07. The number of rotatable bonds is 0. The van der Waals surface area contributed by atoms with Gasteiger partial charge in [-0.3, -0.25) is 4.79 Å². The first-order chi connectivity index (χ1) is 5.66. The Morgan fingerprint density at radius 3 is 2.67 bits per heavy atom. The van der Waals surface area contributed by atoms with Crippen LogP contribution in [-0.4, -0.2) is 5.91 Å². The molecule has 1 N–H and O–H groups in total. The maximum atomic E-state index is 11.0. The zero-order chi connectivity index (χ0) is 8.72. The SMILES string of the molecule is Cc1cc2c(cc1C)NC(=O)C2. The number of hydrogen-bond acceptors (Lipinski definition) is 1. The molecule has 1 amide bonds. The van der Waals surface area contributed by atoms with Gasteiger partial charge < -0.3 is 5.32 Å². The van der Waals surface area contributed by atoms with Crippen LogP contribution in [0.25, 0.3) is 0 Å². The molecule has 0 aliphatic carbocycles. The Bertz CT molecular complexity index is 322. The van der Waals surface area contributed by atoms with Gasteiger partial charge in [0.2, 0.25) is 5.91 Å². The van der Waals surface area contributed by atoms with E-state index in [0.717, 1.165) is 11.3 Å². The van der Waals surface area contributed by atoms with Gasteiger partial charge in [-0.2, -0.15) is 0 Å². The Kier molecular flexibility index (Phi) is 1.43. The third kappa shape index (κ3) is 0.998. The molecule has 0 unspecified atom stereocenters. The lowest BCUT2D eigenvalue weighted by Gasteiger charge is -2.03. The molecule has 12 heavy (non-hydrogen) atoms. The number of hydrogen-bond donors (Lipinski definition) is 1. The average Bonchev–Trinajstić information content (AvgIpc) is 2.30. The van der Waals surface area contributed by atoms with Crippen LogP contribution in [0.1, 0.15) is 16.7 Å².